The molecule has 1 aromatic heterocycles. The second kappa shape index (κ2) is 10.2. The minimum absolute atomic E-state index is 0.0482. The number of rotatable bonds is 7. The summed E-state index contributed by atoms with van der Waals surface area (Å²) in [6.45, 7) is 3.88. The van der Waals surface area contributed by atoms with E-state index in [-0.39, 0.29) is 11.5 Å². The van der Waals surface area contributed by atoms with Gasteiger partial charge >= 0.3 is 0 Å². The summed E-state index contributed by atoms with van der Waals surface area (Å²) in [5.74, 6) is 0.840. The summed E-state index contributed by atoms with van der Waals surface area (Å²) in [6.07, 6.45) is 9.11. The largest absolute Gasteiger partial charge is 0.377 e. The van der Waals surface area contributed by atoms with Crippen LogP contribution in [-0.2, 0) is 27.3 Å². The van der Waals surface area contributed by atoms with Crippen LogP contribution in [0.3, 0.4) is 0 Å². The summed E-state index contributed by atoms with van der Waals surface area (Å²) in [7, 11) is 0. The van der Waals surface area contributed by atoms with Crippen molar-refractivity contribution in [2.45, 2.75) is 50.7 Å². The summed E-state index contributed by atoms with van der Waals surface area (Å²) in [6, 6.07) is 14.2. The molecule has 2 saturated heterocycles. The number of carbonyl (C=O) groups excluding carboxylic acids is 1. The lowest BCUT2D eigenvalue weighted by atomic mass is 9.78. The van der Waals surface area contributed by atoms with Crippen LogP contribution >= 0.6 is 0 Å². The van der Waals surface area contributed by atoms with Crippen molar-refractivity contribution in [3.05, 3.63) is 66.0 Å². The Morgan fingerprint density at radius 2 is 1.93 bits per heavy atom. The molecule has 1 unspecified atom stereocenters. The molecule has 5 heteroatoms. The first kappa shape index (κ1) is 21.0. The molecule has 0 N–H and O–H groups in total. The molecule has 0 bridgehead atoms. The first-order chi connectivity index (χ1) is 14.7. The van der Waals surface area contributed by atoms with Gasteiger partial charge in [-0.15, -0.1) is 0 Å². The highest BCUT2D eigenvalue weighted by atomic mass is 16.5. The highest BCUT2D eigenvalue weighted by molar-refractivity contribution is 5.78. The number of pyridine rings is 1. The Hall–Kier alpha value is -2.24. The molecule has 1 spiro atoms. The predicted molar refractivity (Wildman–Crippen MR) is 116 cm³/mol. The van der Waals surface area contributed by atoms with E-state index in [1.807, 2.05) is 23.1 Å². The maximum atomic E-state index is 12.6. The Kier molecular flexibility index (Phi) is 7.13. The standard InChI is InChI=1S/C25H32N2O3/c28-24(17-23-7-4-12-26-19-23)27-13-10-25(11-14-27)18-21(9-16-30-25)8-15-29-20-22-5-2-1-3-6-22/h1-7,12,19,21H,8-11,13-18,20H2. The number of ether oxygens (including phenoxy) is 2. The fourth-order valence-electron chi connectivity index (χ4n) is 4.69. The third kappa shape index (κ3) is 5.67. The van der Waals surface area contributed by atoms with Gasteiger partial charge in [0.2, 0.25) is 5.91 Å². The molecule has 2 aromatic rings. The number of amides is 1. The summed E-state index contributed by atoms with van der Waals surface area (Å²) in [5, 5.41) is 0. The van der Waals surface area contributed by atoms with Gasteiger partial charge in [0.1, 0.15) is 0 Å². The van der Waals surface area contributed by atoms with Gasteiger partial charge in [0, 0.05) is 38.7 Å². The number of likely N-dealkylation sites (tertiary alicyclic amines) is 1. The highest BCUT2D eigenvalue weighted by Crippen LogP contribution is 2.38. The third-order valence-corrected chi connectivity index (χ3v) is 6.48. The number of hydrogen-bond donors (Lipinski definition) is 0. The van der Waals surface area contributed by atoms with E-state index in [9.17, 15) is 4.79 Å². The van der Waals surface area contributed by atoms with E-state index in [0.717, 1.165) is 64.0 Å². The molecule has 1 aromatic carbocycles. The number of piperidine rings is 1. The zero-order chi connectivity index (χ0) is 20.7. The van der Waals surface area contributed by atoms with Crippen molar-refractivity contribution in [3.8, 4) is 0 Å². The lowest BCUT2D eigenvalue weighted by Gasteiger charge is -2.46. The Balaban J connectivity index is 1.20. The smallest absolute Gasteiger partial charge is 0.227 e. The van der Waals surface area contributed by atoms with E-state index >= 15 is 0 Å². The normalized spacial score (nSPS) is 20.9. The predicted octanol–water partition coefficient (Wildman–Crippen LogP) is 4.02. The van der Waals surface area contributed by atoms with Crippen molar-refractivity contribution < 1.29 is 14.3 Å². The fourth-order valence-corrected chi connectivity index (χ4v) is 4.69. The van der Waals surface area contributed by atoms with Crippen molar-refractivity contribution >= 4 is 5.91 Å². The Morgan fingerprint density at radius 1 is 1.13 bits per heavy atom. The molecule has 2 aliphatic heterocycles. The zero-order valence-corrected chi connectivity index (χ0v) is 17.7. The van der Waals surface area contributed by atoms with Crippen LogP contribution in [0.1, 0.15) is 43.2 Å². The van der Waals surface area contributed by atoms with Gasteiger partial charge < -0.3 is 14.4 Å². The van der Waals surface area contributed by atoms with Crippen molar-refractivity contribution in [1.29, 1.82) is 0 Å². The Morgan fingerprint density at radius 3 is 2.70 bits per heavy atom. The number of hydrogen-bond acceptors (Lipinski definition) is 4. The van der Waals surface area contributed by atoms with Crippen molar-refractivity contribution in [2.24, 2.45) is 5.92 Å². The second-order valence-electron chi connectivity index (χ2n) is 8.64. The van der Waals surface area contributed by atoms with Crippen molar-refractivity contribution in [1.82, 2.24) is 9.88 Å². The molecule has 30 heavy (non-hydrogen) atoms. The van der Waals surface area contributed by atoms with E-state index in [1.165, 1.54) is 5.56 Å². The molecule has 2 aliphatic rings. The number of nitrogens with zero attached hydrogens (tertiary/aromatic N) is 2. The van der Waals surface area contributed by atoms with Crippen molar-refractivity contribution in [2.75, 3.05) is 26.3 Å². The summed E-state index contributed by atoms with van der Waals surface area (Å²) < 4.78 is 12.2. The second-order valence-corrected chi connectivity index (χ2v) is 8.64. The molecule has 2 fully saturated rings. The summed E-state index contributed by atoms with van der Waals surface area (Å²) in [5.41, 5.74) is 2.16. The first-order valence-electron chi connectivity index (χ1n) is 11.1. The molecule has 5 nitrogen and oxygen atoms in total. The van der Waals surface area contributed by atoms with Gasteiger partial charge in [0.05, 0.1) is 18.6 Å². The van der Waals surface area contributed by atoms with Crippen LogP contribution in [0.4, 0.5) is 0 Å². The Labute approximate surface area is 179 Å². The van der Waals surface area contributed by atoms with E-state index in [1.54, 1.807) is 12.4 Å². The molecule has 160 valence electrons. The van der Waals surface area contributed by atoms with Crippen LogP contribution in [0.25, 0.3) is 0 Å². The van der Waals surface area contributed by atoms with Crippen LogP contribution in [0.5, 0.6) is 0 Å². The molecule has 3 heterocycles. The number of aromatic nitrogens is 1. The van der Waals surface area contributed by atoms with Gasteiger partial charge in [-0.2, -0.15) is 0 Å². The molecule has 1 atom stereocenters. The van der Waals surface area contributed by atoms with Crippen LogP contribution < -0.4 is 0 Å². The maximum absolute atomic E-state index is 12.6. The molecule has 1 amide bonds. The summed E-state index contributed by atoms with van der Waals surface area (Å²) >= 11 is 0. The van der Waals surface area contributed by atoms with Gasteiger partial charge in [-0.3, -0.25) is 9.78 Å². The molecular weight excluding hydrogens is 376 g/mol. The van der Waals surface area contributed by atoms with Crippen LogP contribution in [0.15, 0.2) is 54.9 Å². The van der Waals surface area contributed by atoms with Gasteiger partial charge in [-0.1, -0.05) is 36.4 Å². The zero-order valence-electron chi connectivity index (χ0n) is 17.7. The highest BCUT2D eigenvalue weighted by Gasteiger charge is 2.40. The minimum Gasteiger partial charge on any atom is -0.377 e. The number of carbonyl (C=O) groups is 1. The van der Waals surface area contributed by atoms with Gasteiger partial charge in [0.25, 0.3) is 0 Å². The maximum Gasteiger partial charge on any atom is 0.227 e. The molecule has 0 saturated carbocycles. The lowest BCUT2D eigenvalue weighted by Crippen LogP contribution is -2.51. The quantitative estimate of drug-likeness (QED) is 0.650. The number of benzene rings is 1. The molecule has 4 rings (SSSR count). The van der Waals surface area contributed by atoms with E-state index in [2.05, 4.69) is 29.2 Å². The molecule has 0 aliphatic carbocycles. The monoisotopic (exact) mass is 408 g/mol. The van der Waals surface area contributed by atoms with Gasteiger partial charge in [0.15, 0.2) is 0 Å². The SMILES string of the molecule is O=C(Cc1cccnc1)N1CCC2(CC1)CC(CCOCc1ccccc1)CCO2. The van der Waals surface area contributed by atoms with Crippen LogP contribution in [0, 0.1) is 5.92 Å². The minimum atomic E-state index is -0.0482. The van der Waals surface area contributed by atoms with Gasteiger partial charge in [-0.05, 0) is 55.2 Å². The van der Waals surface area contributed by atoms with Crippen molar-refractivity contribution in [3.63, 3.8) is 0 Å². The topological polar surface area (TPSA) is 51.7 Å². The fraction of sp³-hybridized carbons (Fsp3) is 0.520. The lowest BCUT2D eigenvalue weighted by molar-refractivity contribution is -0.147. The average molecular weight is 409 g/mol. The van der Waals surface area contributed by atoms with Crippen LogP contribution in [-0.4, -0.2) is 47.7 Å². The van der Waals surface area contributed by atoms with E-state index in [4.69, 9.17) is 9.47 Å². The first-order valence-corrected chi connectivity index (χ1v) is 11.1. The van der Waals surface area contributed by atoms with Crippen LogP contribution in [0.2, 0.25) is 0 Å². The molecule has 0 radical (unpaired) electrons. The Bertz CT molecular complexity index is 789. The van der Waals surface area contributed by atoms with Gasteiger partial charge in [-0.25, -0.2) is 0 Å². The van der Waals surface area contributed by atoms with E-state index in [0.29, 0.717) is 18.9 Å². The van der Waals surface area contributed by atoms with E-state index < -0.39 is 0 Å². The molecular formula is C25H32N2O3. The summed E-state index contributed by atoms with van der Waals surface area (Å²) in [4.78, 5) is 18.7. The average Bonchev–Trinajstić information content (AvgIpc) is 2.79. The third-order valence-electron chi connectivity index (χ3n) is 6.48.